The summed E-state index contributed by atoms with van der Waals surface area (Å²) in [7, 11) is 4.15. The van der Waals surface area contributed by atoms with Crippen LogP contribution in [0.2, 0.25) is 0 Å². The fourth-order valence-electron chi connectivity index (χ4n) is 5.50. The third kappa shape index (κ3) is 56.0. The number of nitrogens with two attached hydrogens (primary N) is 1. The number of carbonyl (C=O) groups excluding carboxylic acids is 7. The molecule has 1 radical (unpaired) electrons. The van der Waals surface area contributed by atoms with E-state index in [-0.39, 0.29) is 131 Å². The molecular weight excluding hydrogens is 1750 g/mol. The van der Waals surface area contributed by atoms with Crippen molar-refractivity contribution in [3.05, 3.63) is 0 Å². The van der Waals surface area contributed by atoms with Crippen molar-refractivity contribution in [2.24, 2.45) is 29.4 Å². The molecule has 0 bridgehead atoms. The maximum absolute atomic E-state index is 12.1. The molecule has 0 amide bonds. The standard InChI is InChI=1S/C13H25NO3S2.C12H24N2O2S2.C10H20N2O2S2.C8H17NOS.CH4.5HI.3V/c1-5-17-11(16)6-7-19-8-10(15)12(14-4)13(18)9(2)3;1-7(2)12(18)11(13-4)10(16)5-14-9(6-17)8(3)15;1-6(4-15)10(7(2)13)12-3-9(14)8(11)5-16;1-4-9-8(7(3)10)6(2)5-11;;;;;;;;;/h9,12-14,18H,5-8H2,1-4H3;7,9,11-14,17-18H,5-6H2,1-4H3;6,8,10,12,15-16H,3-5,11H2,1-2H3;6,8-9,11H,4-5H2,1-3H3;1H4;5*1H;;;/q;;;;;;;;;;;+2;+3/p-5/t12-,13-;9-,11+,12+;6-,8-,10-;6-,8-;;;;;;;;;/m1000........./s1. The number of likely N-dealkylation sites (N-methyl/N-ethyl adjacent to an activating group) is 3. The van der Waals surface area contributed by atoms with Crippen LogP contribution in [0.25, 0.3) is 0 Å². The fraction of sp³-hybridized carbons (Fsp3) is 0.841. The van der Waals surface area contributed by atoms with Crippen LogP contribution in [-0.2, 0) is 71.2 Å². The van der Waals surface area contributed by atoms with E-state index < -0.39 is 6.04 Å². The first kappa shape index (κ1) is 94.5. The minimum absolute atomic E-state index is 0. The molecule has 436 valence electrons. The van der Waals surface area contributed by atoms with Gasteiger partial charge in [0.25, 0.3) is 0 Å². The molecule has 73 heavy (non-hydrogen) atoms. The van der Waals surface area contributed by atoms with E-state index in [0.717, 1.165) is 12.3 Å². The Bertz CT molecular complexity index is 1430. The molecule has 0 fully saturated rings. The third-order valence-electron chi connectivity index (χ3n) is 9.68. The van der Waals surface area contributed by atoms with Gasteiger partial charge in [0.2, 0.25) is 0 Å². The molecule has 29 heteroatoms. The maximum atomic E-state index is 12.1. The summed E-state index contributed by atoms with van der Waals surface area (Å²) >= 11 is 38.8. The van der Waals surface area contributed by atoms with E-state index in [9.17, 15) is 33.6 Å². The topological polar surface area (TPSA) is 215 Å². The van der Waals surface area contributed by atoms with Gasteiger partial charge in [-0.2, -0.15) is 87.5 Å². The summed E-state index contributed by atoms with van der Waals surface area (Å²) in [5.74, 6) is 4.07. The third-order valence-corrected chi connectivity index (χ3v) is 14.4. The Hall–Kier alpha value is 5.10. The van der Waals surface area contributed by atoms with Gasteiger partial charge in [-0.05, 0) is 83.5 Å². The Morgan fingerprint density at radius 3 is 1.33 bits per heavy atom. The zero-order valence-corrected chi connectivity index (χ0v) is 65.0. The first-order chi connectivity index (χ1) is 33.0. The van der Waals surface area contributed by atoms with Crippen LogP contribution in [0.3, 0.4) is 0 Å². The van der Waals surface area contributed by atoms with Gasteiger partial charge in [0.15, 0.2) is 17.3 Å². The van der Waals surface area contributed by atoms with Crippen LogP contribution in [0.15, 0.2) is 0 Å². The summed E-state index contributed by atoms with van der Waals surface area (Å²) in [6.07, 6.45) is 0.352. The molecule has 0 aliphatic rings. The van der Waals surface area contributed by atoms with E-state index in [1.54, 1.807) is 27.9 Å². The van der Waals surface area contributed by atoms with Crippen molar-refractivity contribution in [3.63, 3.8) is 0 Å². The van der Waals surface area contributed by atoms with Crippen molar-refractivity contribution < 1.29 is 71.2 Å². The molecular formula is C44H90I5N6O8S7V3. The van der Waals surface area contributed by atoms with E-state index in [1.807, 2.05) is 48.5 Å². The molecule has 0 saturated heterocycles. The van der Waals surface area contributed by atoms with Crippen LogP contribution < -0.4 is 32.3 Å². The molecule has 0 spiro atoms. The van der Waals surface area contributed by atoms with Crippen LogP contribution in [0.1, 0.15) is 90.0 Å². The summed E-state index contributed by atoms with van der Waals surface area (Å²) in [5.41, 5.74) is 5.52. The molecule has 0 unspecified atom stereocenters. The minimum Gasteiger partial charge on any atom is 0 e. The molecule has 0 rings (SSSR count). The first-order valence-corrected chi connectivity index (χ1v) is 49.9. The second kappa shape index (κ2) is 63.1. The van der Waals surface area contributed by atoms with Crippen molar-refractivity contribution in [2.45, 2.75) is 137 Å². The zero-order valence-electron chi connectivity index (χ0n) is 43.9. The zero-order chi connectivity index (χ0) is 57.0. The Kier molecular flexibility index (Phi) is 81.7. The van der Waals surface area contributed by atoms with Gasteiger partial charge in [-0.1, -0.05) is 55.9 Å². The second-order valence-corrected chi connectivity index (χ2v) is 67.1. The van der Waals surface area contributed by atoms with Gasteiger partial charge in [0.1, 0.15) is 17.3 Å². The van der Waals surface area contributed by atoms with Crippen molar-refractivity contribution in [1.29, 1.82) is 0 Å². The van der Waals surface area contributed by atoms with E-state index in [2.05, 4.69) is 202 Å². The fourth-order valence-corrected chi connectivity index (χ4v) is 7.98. The Balaban J connectivity index is -0.000000123. The van der Waals surface area contributed by atoms with Crippen molar-refractivity contribution in [3.8, 4) is 0 Å². The number of ketones is 6. The molecule has 0 aromatic carbocycles. The van der Waals surface area contributed by atoms with Gasteiger partial charge in [0.05, 0.1) is 68.1 Å². The number of rotatable bonds is 32. The molecule has 7 N–H and O–H groups in total. The molecule has 0 saturated carbocycles. The number of esters is 1. The van der Waals surface area contributed by atoms with Gasteiger partial charge < -0.3 is 31.7 Å². The van der Waals surface area contributed by atoms with Crippen molar-refractivity contribution >= 4 is 228 Å². The molecule has 0 aromatic heterocycles. The Morgan fingerprint density at radius 2 is 1.03 bits per heavy atom. The smallest absolute Gasteiger partial charge is 0 e. The normalized spacial score (nSPS) is 14.5. The number of hydrogen-bond donors (Lipinski definition) is 12. The van der Waals surface area contributed by atoms with Crippen LogP contribution in [0.4, 0.5) is 0 Å². The predicted molar refractivity (Wildman–Crippen MR) is 366 cm³/mol. The summed E-state index contributed by atoms with van der Waals surface area (Å²) in [5, 5.41) is 14.9. The van der Waals surface area contributed by atoms with Gasteiger partial charge in [-0.15, -0.1) is 0 Å². The monoisotopic (exact) mass is 1840 g/mol. The van der Waals surface area contributed by atoms with Gasteiger partial charge in [-0.25, -0.2) is 0 Å². The predicted octanol–water partition coefficient (Wildman–Crippen LogP) is 8.46. The Labute approximate surface area is 558 Å². The Morgan fingerprint density at radius 1 is 0.644 bits per heavy atom. The number of carbonyl (C=O) groups is 7. The molecule has 0 aliphatic heterocycles. The number of Topliss-reactive ketones (excluding diaryl/α,β-unsaturated/α-hetero) is 6. The number of hydrogen-bond acceptors (Lipinski definition) is 21. The van der Waals surface area contributed by atoms with Crippen LogP contribution >= 0.6 is 187 Å². The molecule has 14 nitrogen and oxygen atoms in total. The summed E-state index contributed by atoms with van der Waals surface area (Å²) in [4.78, 5) is 80.0. The van der Waals surface area contributed by atoms with Crippen molar-refractivity contribution in [1.82, 2.24) is 26.6 Å². The van der Waals surface area contributed by atoms with Gasteiger partial charge in [-0.3, -0.25) is 38.9 Å². The van der Waals surface area contributed by atoms with Crippen LogP contribution in [0.5, 0.6) is 0 Å². The maximum Gasteiger partial charge on any atom is 0 e. The van der Waals surface area contributed by atoms with E-state index in [4.69, 9.17) is 10.5 Å². The van der Waals surface area contributed by atoms with E-state index >= 15 is 0 Å². The number of nitrogens with one attached hydrogen (secondary N) is 5. The average molecular weight is 1840 g/mol. The van der Waals surface area contributed by atoms with E-state index in [0.29, 0.717) is 69.0 Å². The molecule has 0 heterocycles. The number of thioether (sulfide) groups is 1. The second-order valence-electron chi connectivity index (χ2n) is 16.2. The average Bonchev–Trinajstić information content (AvgIpc) is 3.29. The summed E-state index contributed by atoms with van der Waals surface area (Å²) < 4.78 is 4.83. The molecule has 0 aliphatic carbocycles. The first-order valence-electron chi connectivity index (χ1n) is 22.6. The van der Waals surface area contributed by atoms with Gasteiger partial charge >= 0.3 is 120 Å². The number of ether oxygens (including phenoxy) is 1. The number of thiol groups is 6. The van der Waals surface area contributed by atoms with Crippen molar-refractivity contribution in [2.75, 3.05) is 74.9 Å². The summed E-state index contributed by atoms with van der Waals surface area (Å²) in [6.45, 7) is 22.0. The van der Waals surface area contributed by atoms with E-state index in [1.165, 1.54) is 25.6 Å². The molecule has 10 atom stereocenters. The van der Waals surface area contributed by atoms with Crippen LogP contribution in [0, 0.1) is 23.7 Å². The SMILES string of the molecule is C.CC(=O)[C@@H](NCC(=O)[C@@H](N)CS)[C@@H](C)CS.CCN[C@H](C(C)=O)[C@@H](C)CS.CCOC(=O)CCSCC(=O)[C@@H](NC)[C@H](S)C(C)C.CN[C@H](C(=O)CN[C@@H](CS)C(C)=O)[C@H](S)C(C)C.[I][V]([I])[I].[I][V][I].[V]. The van der Waals surface area contributed by atoms with Crippen LogP contribution in [-0.4, -0.2) is 162 Å². The largest absolute Gasteiger partial charge is 0 e. The quantitative estimate of drug-likeness (QED) is 0.0132. The van der Waals surface area contributed by atoms with Gasteiger partial charge in [0, 0.05) is 46.3 Å². The molecule has 0 aromatic rings. The minimum atomic E-state index is -0.574. The number of halogens is 5. The summed E-state index contributed by atoms with van der Waals surface area (Å²) in [6, 6.07) is -1.85.